The first kappa shape index (κ1) is 26.3. The Balaban J connectivity index is 1.37. The van der Waals surface area contributed by atoms with Crippen molar-refractivity contribution in [2.45, 2.75) is 94.5 Å². The molecule has 186 valence electrons. The standard InChI is InChI=1S/C26H39N5O2S/c1-19(27)29-30-25(28)21-15-13-20(14-16-21)10-6-5-9-17-31-24(32)18-23(26(31)33)34-22-11-7-3-2-4-8-12-22/h13-16,22-23H,2-12,17-18H2,1H3,(H2,27,29)(H2,28,30). The van der Waals surface area contributed by atoms with Crippen LogP contribution in [0.25, 0.3) is 0 Å². The number of likely N-dealkylation sites (tertiary alicyclic amines) is 1. The molecule has 4 N–H and O–H groups in total. The maximum atomic E-state index is 12.8. The first-order valence-electron chi connectivity index (χ1n) is 12.7. The second-order valence-corrected chi connectivity index (χ2v) is 10.9. The average molecular weight is 486 g/mol. The van der Waals surface area contributed by atoms with Crippen LogP contribution in [0.3, 0.4) is 0 Å². The van der Waals surface area contributed by atoms with Crippen molar-refractivity contribution < 1.29 is 9.59 Å². The molecule has 0 radical (unpaired) electrons. The van der Waals surface area contributed by atoms with E-state index in [1.54, 1.807) is 18.7 Å². The second kappa shape index (κ2) is 13.5. The molecule has 3 rings (SSSR count). The highest BCUT2D eigenvalue weighted by atomic mass is 32.2. The van der Waals surface area contributed by atoms with Crippen LogP contribution in [-0.2, 0) is 16.0 Å². The molecule has 0 aromatic heterocycles. The maximum absolute atomic E-state index is 12.8. The van der Waals surface area contributed by atoms with E-state index in [1.807, 2.05) is 24.3 Å². The van der Waals surface area contributed by atoms with E-state index < -0.39 is 0 Å². The van der Waals surface area contributed by atoms with Crippen LogP contribution in [0, 0.1) is 0 Å². The number of carbonyl (C=O) groups is 2. The lowest BCUT2D eigenvalue weighted by Gasteiger charge is -2.21. The fourth-order valence-corrected chi connectivity index (χ4v) is 6.14. The highest BCUT2D eigenvalue weighted by Gasteiger charge is 2.39. The molecule has 0 spiro atoms. The SMILES string of the molecule is C/C(N)=N/N=C(\N)c1ccc(CCCCCN2C(=O)CC(SC3CCCCCCC3)C2=O)cc1. The summed E-state index contributed by atoms with van der Waals surface area (Å²) in [6, 6.07) is 7.96. The highest BCUT2D eigenvalue weighted by molar-refractivity contribution is 8.01. The van der Waals surface area contributed by atoms with Crippen molar-refractivity contribution in [3.05, 3.63) is 35.4 Å². The van der Waals surface area contributed by atoms with Crippen LogP contribution in [-0.4, -0.2) is 45.4 Å². The molecule has 7 nitrogen and oxygen atoms in total. The van der Waals surface area contributed by atoms with E-state index >= 15 is 0 Å². The number of amides is 2. The fourth-order valence-electron chi connectivity index (χ4n) is 4.59. The lowest BCUT2D eigenvalue weighted by Crippen LogP contribution is -2.32. The third-order valence-corrected chi connectivity index (χ3v) is 8.08. The monoisotopic (exact) mass is 485 g/mol. The van der Waals surface area contributed by atoms with Gasteiger partial charge in [0.05, 0.1) is 5.25 Å². The van der Waals surface area contributed by atoms with Crippen molar-refractivity contribution in [2.75, 3.05) is 6.54 Å². The van der Waals surface area contributed by atoms with Crippen molar-refractivity contribution in [3.8, 4) is 0 Å². The Morgan fingerprint density at radius 3 is 2.32 bits per heavy atom. The predicted octanol–water partition coefficient (Wildman–Crippen LogP) is 4.37. The Morgan fingerprint density at radius 1 is 0.971 bits per heavy atom. The zero-order chi connectivity index (χ0) is 24.3. The second-order valence-electron chi connectivity index (χ2n) is 9.41. The van der Waals surface area contributed by atoms with E-state index in [0.29, 0.717) is 29.9 Å². The smallest absolute Gasteiger partial charge is 0.242 e. The van der Waals surface area contributed by atoms with Crippen molar-refractivity contribution >= 4 is 35.2 Å². The predicted molar refractivity (Wildman–Crippen MR) is 141 cm³/mol. The number of hydrogen-bond donors (Lipinski definition) is 2. The van der Waals surface area contributed by atoms with Gasteiger partial charge in [-0.15, -0.1) is 22.0 Å². The molecule has 1 saturated heterocycles. The first-order chi connectivity index (χ1) is 16.4. The number of imide groups is 1. The van der Waals surface area contributed by atoms with Crippen molar-refractivity contribution in [2.24, 2.45) is 21.7 Å². The summed E-state index contributed by atoms with van der Waals surface area (Å²) in [6.45, 7) is 2.21. The number of rotatable bonds is 10. The number of hydrogen-bond acceptors (Lipinski definition) is 5. The summed E-state index contributed by atoms with van der Waals surface area (Å²) in [4.78, 5) is 26.8. The molecule has 1 heterocycles. The van der Waals surface area contributed by atoms with Crippen LogP contribution in [0.5, 0.6) is 0 Å². The Kier molecular flexibility index (Phi) is 10.4. The van der Waals surface area contributed by atoms with Gasteiger partial charge >= 0.3 is 0 Å². The minimum absolute atomic E-state index is 0.0114. The van der Waals surface area contributed by atoms with Crippen molar-refractivity contribution in [1.29, 1.82) is 0 Å². The van der Waals surface area contributed by atoms with Gasteiger partial charge in [0.1, 0.15) is 5.84 Å². The molecule has 1 aliphatic carbocycles. The molecular weight excluding hydrogens is 446 g/mol. The van der Waals surface area contributed by atoms with Crippen LogP contribution in [0.4, 0.5) is 0 Å². The molecule has 1 aromatic carbocycles. The molecule has 8 heteroatoms. The zero-order valence-corrected chi connectivity index (χ0v) is 21.2. The fraction of sp³-hybridized carbons (Fsp3) is 0.615. The van der Waals surface area contributed by atoms with Gasteiger partial charge in [-0.05, 0) is 44.6 Å². The molecule has 1 atom stereocenters. The summed E-state index contributed by atoms with van der Waals surface area (Å²) in [5.74, 6) is 0.752. The molecular formula is C26H39N5O2S. The number of carbonyl (C=O) groups excluding carboxylic acids is 2. The molecule has 2 aliphatic rings. The van der Waals surface area contributed by atoms with Gasteiger partial charge in [-0.3, -0.25) is 14.5 Å². The van der Waals surface area contributed by atoms with E-state index in [9.17, 15) is 9.59 Å². The quantitative estimate of drug-likeness (QED) is 0.168. The van der Waals surface area contributed by atoms with E-state index in [1.165, 1.54) is 55.4 Å². The summed E-state index contributed by atoms with van der Waals surface area (Å²) in [5.41, 5.74) is 13.4. The van der Waals surface area contributed by atoms with Crippen LogP contribution in [0.1, 0.15) is 88.7 Å². The van der Waals surface area contributed by atoms with Gasteiger partial charge in [0.2, 0.25) is 11.8 Å². The lowest BCUT2D eigenvalue weighted by molar-refractivity contribution is -0.138. The zero-order valence-electron chi connectivity index (χ0n) is 20.4. The summed E-state index contributed by atoms with van der Waals surface area (Å²) in [7, 11) is 0. The Morgan fingerprint density at radius 2 is 1.65 bits per heavy atom. The van der Waals surface area contributed by atoms with Gasteiger partial charge in [0, 0.05) is 23.8 Å². The van der Waals surface area contributed by atoms with Gasteiger partial charge in [-0.2, -0.15) is 0 Å². The normalized spacial score (nSPS) is 21.1. The molecule has 0 bridgehead atoms. The van der Waals surface area contributed by atoms with Crippen LogP contribution in [0.15, 0.2) is 34.5 Å². The van der Waals surface area contributed by atoms with E-state index in [-0.39, 0.29) is 17.1 Å². The van der Waals surface area contributed by atoms with Crippen LogP contribution in [0.2, 0.25) is 0 Å². The molecule has 34 heavy (non-hydrogen) atoms. The molecule has 1 aliphatic heterocycles. The van der Waals surface area contributed by atoms with Gasteiger partial charge in [0.25, 0.3) is 0 Å². The minimum atomic E-state index is -0.161. The molecule has 1 unspecified atom stereocenters. The Bertz CT molecular complexity index is 872. The lowest BCUT2D eigenvalue weighted by atomic mass is 10.0. The van der Waals surface area contributed by atoms with E-state index in [4.69, 9.17) is 11.5 Å². The third-order valence-electron chi connectivity index (χ3n) is 6.52. The van der Waals surface area contributed by atoms with Gasteiger partial charge < -0.3 is 11.5 Å². The van der Waals surface area contributed by atoms with Crippen LogP contribution >= 0.6 is 11.8 Å². The topological polar surface area (TPSA) is 114 Å². The number of unbranched alkanes of at least 4 members (excludes halogenated alkanes) is 2. The number of nitrogens with zero attached hydrogens (tertiary/aromatic N) is 3. The Hall–Kier alpha value is -2.35. The molecule has 1 saturated carbocycles. The average Bonchev–Trinajstić information content (AvgIpc) is 3.06. The molecule has 2 fully saturated rings. The number of aryl methyl sites for hydroxylation is 1. The number of benzene rings is 1. The Labute approximate surface area is 207 Å². The van der Waals surface area contributed by atoms with Gasteiger partial charge in [-0.1, -0.05) is 62.8 Å². The maximum Gasteiger partial charge on any atom is 0.242 e. The van der Waals surface area contributed by atoms with Crippen molar-refractivity contribution in [3.63, 3.8) is 0 Å². The summed E-state index contributed by atoms with van der Waals surface area (Å²) < 4.78 is 0. The highest BCUT2D eigenvalue weighted by Crippen LogP contribution is 2.34. The first-order valence-corrected chi connectivity index (χ1v) is 13.6. The molecule has 2 amide bonds. The van der Waals surface area contributed by atoms with Gasteiger partial charge in [0.15, 0.2) is 5.84 Å². The minimum Gasteiger partial charge on any atom is -0.386 e. The third kappa shape index (κ3) is 8.15. The largest absolute Gasteiger partial charge is 0.386 e. The number of amidine groups is 2. The number of nitrogens with two attached hydrogens (primary N) is 2. The summed E-state index contributed by atoms with van der Waals surface area (Å²) >= 11 is 1.77. The summed E-state index contributed by atoms with van der Waals surface area (Å²) in [5, 5.41) is 8.06. The number of thioether (sulfide) groups is 1. The summed E-state index contributed by atoms with van der Waals surface area (Å²) in [6.07, 6.45) is 13.0. The van der Waals surface area contributed by atoms with Gasteiger partial charge in [-0.25, -0.2) is 0 Å². The van der Waals surface area contributed by atoms with Crippen molar-refractivity contribution in [1.82, 2.24) is 4.90 Å². The molecule has 1 aromatic rings. The van der Waals surface area contributed by atoms with E-state index in [0.717, 1.165) is 31.2 Å². The van der Waals surface area contributed by atoms with Crippen LogP contribution < -0.4 is 11.5 Å². The van der Waals surface area contributed by atoms with E-state index in [2.05, 4.69) is 10.2 Å².